The summed E-state index contributed by atoms with van der Waals surface area (Å²) in [4.78, 5) is 11.9. The van der Waals surface area contributed by atoms with Crippen LogP contribution in [0.15, 0.2) is 54.6 Å². The van der Waals surface area contributed by atoms with Crippen LogP contribution in [0.1, 0.15) is 18.1 Å². The molecular weight excluding hydrogens is 252 g/mol. The maximum Gasteiger partial charge on any atom is 0.309 e. The molecule has 0 aliphatic heterocycles. The van der Waals surface area contributed by atoms with Crippen LogP contribution in [0, 0.1) is 5.92 Å². The van der Waals surface area contributed by atoms with Crippen LogP contribution in [0.5, 0.6) is 5.75 Å². The number of ether oxygens (including phenoxy) is 1. The molecule has 0 spiro atoms. The van der Waals surface area contributed by atoms with Crippen molar-refractivity contribution >= 4 is 5.97 Å². The zero-order valence-corrected chi connectivity index (χ0v) is 11.5. The van der Waals surface area contributed by atoms with Gasteiger partial charge in [0.25, 0.3) is 0 Å². The number of esters is 1. The average Bonchev–Trinajstić information content (AvgIpc) is 2.48. The molecule has 104 valence electrons. The maximum atomic E-state index is 11.9. The molecule has 0 heterocycles. The van der Waals surface area contributed by atoms with Crippen LogP contribution < -0.4 is 0 Å². The zero-order valence-electron chi connectivity index (χ0n) is 11.5. The van der Waals surface area contributed by atoms with Gasteiger partial charge in [-0.25, -0.2) is 0 Å². The van der Waals surface area contributed by atoms with E-state index in [0.29, 0.717) is 13.0 Å². The highest BCUT2D eigenvalue weighted by atomic mass is 16.5. The van der Waals surface area contributed by atoms with Crippen molar-refractivity contribution in [2.75, 3.05) is 0 Å². The Bertz CT molecular complexity index is 546. The molecule has 0 saturated carbocycles. The van der Waals surface area contributed by atoms with E-state index in [1.165, 1.54) is 0 Å². The van der Waals surface area contributed by atoms with Crippen molar-refractivity contribution in [3.8, 4) is 5.75 Å². The summed E-state index contributed by atoms with van der Waals surface area (Å²) < 4.78 is 5.30. The second kappa shape index (κ2) is 6.75. The van der Waals surface area contributed by atoms with Gasteiger partial charge < -0.3 is 9.84 Å². The molecule has 1 N–H and O–H groups in total. The molecule has 0 unspecified atom stereocenters. The van der Waals surface area contributed by atoms with E-state index < -0.39 is 0 Å². The first-order valence-corrected chi connectivity index (χ1v) is 6.63. The summed E-state index contributed by atoms with van der Waals surface area (Å²) in [6, 6.07) is 16.5. The second-order valence-corrected chi connectivity index (χ2v) is 4.86. The van der Waals surface area contributed by atoms with Crippen molar-refractivity contribution < 1.29 is 14.6 Å². The minimum Gasteiger partial charge on any atom is -0.508 e. The number of carbonyl (C=O) groups is 1. The topological polar surface area (TPSA) is 46.5 Å². The fourth-order valence-corrected chi connectivity index (χ4v) is 1.94. The lowest BCUT2D eigenvalue weighted by atomic mass is 10.0. The third-order valence-corrected chi connectivity index (χ3v) is 3.10. The number of phenols is 1. The maximum absolute atomic E-state index is 11.9. The number of hydrogen-bond donors (Lipinski definition) is 1. The lowest BCUT2D eigenvalue weighted by molar-refractivity contribution is -0.149. The standard InChI is InChI=1S/C17H18O3/c1-13(11-14-7-9-16(18)10-8-14)17(19)20-12-15-5-3-2-4-6-15/h2-10,13,18H,11-12H2,1H3/t13-/m1/s1. The first-order valence-electron chi connectivity index (χ1n) is 6.63. The van der Waals surface area contributed by atoms with Gasteiger partial charge in [-0.3, -0.25) is 4.79 Å². The van der Waals surface area contributed by atoms with Crippen LogP contribution in [0.3, 0.4) is 0 Å². The van der Waals surface area contributed by atoms with Crippen molar-refractivity contribution in [2.45, 2.75) is 20.0 Å². The predicted molar refractivity (Wildman–Crippen MR) is 77.2 cm³/mol. The highest BCUT2D eigenvalue weighted by molar-refractivity contribution is 5.72. The molecule has 2 aromatic rings. The minimum absolute atomic E-state index is 0.205. The molecule has 1 atom stereocenters. The number of carbonyl (C=O) groups excluding carboxylic acids is 1. The quantitative estimate of drug-likeness (QED) is 0.848. The Labute approximate surface area is 118 Å². The lowest BCUT2D eigenvalue weighted by Crippen LogP contribution is -2.16. The zero-order chi connectivity index (χ0) is 14.4. The van der Waals surface area contributed by atoms with Gasteiger partial charge >= 0.3 is 5.97 Å². The largest absolute Gasteiger partial charge is 0.508 e. The second-order valence-electron chi connectivity index (χ2n) is 4.86. The van der Waals surface area contributed by atoms with Crippen LogP contribution in [0.2, 0.25) is 0 Å². The molecule has 3 heteroatoms. The van der Waals surface area contributed by atoms with Gasteiger partial charge in [-0.05, 0) is 29.7 Å². The summed E-state index contributed by atoms with van der Waals surface area (Å²) in [6.45, 7) is 2.15. The first-order chi connectivity index (χ1) is 9.65. The van der Waals surface area contributed by atoms with Gasteiger partial charge in [0.15, 0.2) is 0 Å². The monoisotopic (exact) mass is 270 g/mol. The van der Waals surface area contributed by atoms with Crippen molar-refractivity contribution in [1.29, 1.82) is 0 Å². The fourth-order valence-electron chi connectivity index (χ4n) is 1.94. The van der Waals surface area contributed by atoms with E-state index in [1.807, 2.05) is 49.4 Å². The molecule has 0 aromatic heterocycles. The summed E-state index contributed by atoms with van der Waals surface area (Å²) in [5.41, 5.74) is 1.99. The normalized spacial score (nSPS) is 11.8. The number of rotatable bonds is 5. The molecule has 0 bridgehead atoms. The van der Waals surface area contributed by atoms with E-state index in [2.05, 4.69) is 0 Å². The Hall–Kier alpha value is -2.29. The molecule has 0 radical (unpaired) electrons. The highest BCUT2D eigenvalue weighted by Gasteiger charge is 2.15. The Kier molecular flexibility index (Phi) is 4.77. The van der Waals surface area contributed by atoms with Crippen LogP contribution in [-0.4, -0.2) is 11.1 Å². The molecule has 0 aliphatic rings. The Morgan fingerprint density at radius 1 is 1.05 bits per heavy atom. The van der Waals surface area contributed by atoms with Crippen LogP contribution in [-0.2, 0) is 22.6 Å². The van der Waals surface area contributed by atoms with Crippen LogP contribution in [0.25, 0.3) is 0 Å². The van der Waals surface area contributed by atoms with Crippen molar-refractivity contribution in [1.82, 2.24) is 0 Å². The Balaban J connectivity index is 1.84. The van der Waals surface area contributed by atoms with E-state index in [0.717, 1.165) is 11.1 Å². The molecule has 2 rings (SSSR count). The summed E-state index contributed by atoms with van der Waals surface area (Å²) in [6.07, 6.45) is 0.605. The Morgan fingerprint density at radius 2 is 1.70 bits per heavy atom. The number of hydrogen-bond acceptors (Lipinski definition) is 3. The molecule has 2 aromatic carbocycles. The molecule has 0 saturated heterocycles. The minimum atomic E-state index is -0.207. The van der Waals surface area contributed by atoms with Gasteiger partial charge in [-0.15, -0.1) is 0 Å². The van der Waals surface area contributed by atoms with Gasteiger partial charge in [0.2, 0.25) is 0 Å². The molecule has 0 aliphatic carbocycles. The van der Waals surface area contributed by atoms with E-state index in [9.17, 15) is 9.90 Å². The van der Waals surface area contributed by atoms with Gasteiger partial charge in [-0.2, -0.15) is 0 Å². The number of phenolic OH excluding ortho intramolecular Hbond substituents is 1. The Morgan fingerprint density at radius 3 is 2.35 bits per heavy atom. The number of aromatic hydroxyl groups is 1. The van der Waals surface area contributed by atoms with E-state index in [1.54, 1.807) is 12.1 Å². The lowest BCUT2D eigenvalue weighted by Gasteiger charge is -2.11. The summed E-state index contributed by atoms with van der Waals surface area (Å²) in [5, 5.41) is 9.22. The third kappa shape index (κ3) is 4.12. The van der Waals surface area contributed by atoms with Crippen molar-refractivity contribution in [3.63, 3.8) is 0 Å². The van der Waals surface area contributed by atoms with Gasteiger partial charge in [0.05, 0.1) is 5.92 Å². The molecule has 0 fully saturated rings. The molecule has 20 heavy (non-hydrogen) atoms. The predicted octanol–water partition coefficient (Wildman–Crippen LogP) is 3.31. The van der Waals surface area contributed by atoms with E-state index in [-0.39, 0.29) is 17.6 Å². The number of benzene rings is 2. The average molecular weight is 270 g/mol. The summed E-state index contributed by atoms with van der Waals surface area (Å²) in [7, 11) is 0. The van der Waals surface area contributed by atoms with Gasteiger partial charge in [0, 0.05) is 0 Å². The fraction of sp³-hybridized carbons (Fsp3) is 0.235. The van der Waals surface area contributed by atoms with Crippen LogP contribution >= 0.6 is 0 Å². The van der Waals surface area contributed by atoms with Gasteiger partial charge in [0.1, 0.15) is 12.4 Å². The SMILES string of the molecule is C[C@H](Cc1ccc(O)cc1)C(=O)OCc1ccccc1. The van der Waals surface area contributed by atoms with Gasteiger partial charge in [-0.1, -0.05) is 49.4 Å². The summed E-state index contributed by atoms with van der Waals surface area (Å²) in [5.74, 6) is -0.182. The van der Waals surface area contributed by atoms with E-state index in [4.69, 9.17) is 4.74 Å². The van der Waals surface area contributed by atoms with Crippen LogP contribution in [0.4, 0.5) is 0 Å². The summed E-state index contributed by atoms with van der Waals surface area (Å²) >= 11 is 0. The molecule has 3 nitrogen and oxygen atoms in total. The molecule has 0 amide bonds. The first kappa shape index (κ1) is 14.1. The van der Waals surface area contributed by atoms with Crippen molar-refractivity contribution in [2.24, 2.45) is 5.92 Å². The molecular formula is C17H18O3. The third-order valence-electron chi connectivity index (χ3n) is 3.10. The smallest absolute Gasteiger partial charge is 0.309 e. The van der Waals surface area contributed by atoms with E-state index >= 15 is 0 Å². The highest BCUT2D eigenvalue weighted by Crippen LogP contribution is 2.15. The van der Waals surface area contributed by atoms with Crippen molar-refractivity contribution in [3.05, 3.63) is 65.7 Å².